The fourth-order valence-corrected chi connectivity index (χ4v) is 3.03. The van der Waals surface area contributed by atoms with E-state index in [1.54, 1.807) is 25.3 Å². The Labute approximate surface area is 129 Å². The third-order valence-corrected chi connectivity index (χ3v) is 4.21. The van der Waals surface area contributed by atoms with Crippen molar-refractivity contribution in [3.8, 4) is 5.75 Å². The van der Waals surface area contributed by atoms with Crippen LogP contribution in [0.15, 0.2) is 18.2 Å². The Morgan fingerprint density at radius 3 is 3.00 bits per heavy atom. The van der Waals surface area contributed by atoms with E-state index in [-0.39, 0.29) is 5.91 Å². The van der Waals surface area contributed by atoms with Crippen molar-refractivity contribution in [3.63, 3.8) is 0 Å². The predicted molar refractivity (Wildman–Crippen MR) is 82.0 cm³/mol. The molecule has 1 heterocycles. The molecule has 1 amide bonds. The van der Waals surface area contributed by atoms with E-state index in [1.165, 1.54) is 0 Å². The molecule has 110 valence electrons. The van der Waals surface area contributed by atoms with Crippen LogP contribution in [0.25, 0.3) is 0 Å². The van der Waals surface area contributed by atoms with E-state index in [0.717, 1.165) is 32.2 Å². The predicted octanol–water partition coefficient (Wildman–Crippen LogP) is 3.97. The monoisotopic (exact) mass is 315 g/mol. The molecule has 0 radical (unpaired) electrons. The highest BCUT2D eigenvalue weighted by Crippen LogP contribution is 2.29. The van der Waals surface area contributed by atoms with Crippen molar-refractivity contribution >= 4 is 29.1 Å². The molecule has 0 spiro atoms. The minimum Gasteiger partial charge on any atom is -0.496 e. The van der Waals surface area contributed by atoms with Crippen molar-refractivity contribution in [2.75, 3.05) is 19.5 Å². The first-order valence-electron chi connectivity index (χ1n) is 6.88. The van der Waals surface area contributed by atoms with Crippen LogP contribution in [-0.2, 0) is 0 Å². The topological polar surface area (TPSA) is 29.5 Å². The first-order chi connectivity index (χ1) is 9.67. The van der Waals surface area contributed by atoms with Crippen LogP contribution >= 0.6 is 23.2 Å². The summed E-state index contributed by atoms with van der Waals surface area (Å²) in [5, 5.41) is 0.568. The Bertz CT molecular complexity index is 479. The lowest BCUT2D eigenvalue weighted by Crippen LogP contribution is -2.35. The van der Waals surface area contributed by atoms with Gasteiger partial charge < -0.3 is 9.64 Å². The van der Waals surface area contributed by atoms with E-state index in [4.69, 9.17) is 27.9 Å². The molecule has 0 saturated carbocycles. The van der Waals surface area contributed by atoms with E-state index < -0.39 is 0 Å². The van der Waals surface area contributed by atoms with Gasteiger partial charge in [-0.25, -0.2) is 0 Å². The summed E-state index contributed by atoms with van der Waals surface area (Å²) in [4.78, 5) is 14.6. The molecule has 1 aliphatic rings. The number of carbonyl (C=O) groups excluding carboxylic acids is 1. The van der Waals surface area contributed by atoms with Crippen LogP contribution in [0.2, 0.25) is 5.02 Å². The first kappa shape index (κ1) is 15.5. The van der Waals surface area contributed by atoms with Gasteiger partial charge in [0.1, 0.15) is 5.75 Å². The third-order valence-electron chi connectivity index (χ3n) is 3.70. The number of alkyl halides is 1. The van der Waals surface area contributed by atoms with E-state index in [9.17, 15) is 4.79 Å². The highest BCUT2D eigenvalue weighted by atomic mass is 35.5. The Hall–Kier alpha value is -0.930. The first-order valence-corrected chi connectivity index (χ1v) is 7.79. The zero-order valence-electron chi connectivity index (χ0n) is 11.6. The maximum absolute atomic E-state index is 12.7. The lowest BCUT2D eigenvalue weighted by molar-refractivity contribution is 0.0727. The zero-order chi connectivity index (χ0) is 14.5. The Morgan fingerprint density at radius 1 is 1.50 bits per heavy atom. The second kappa shape index (κ2) is 7.19. The van der Waals surface area contributed by atoms with Gasteiger partial charge in [0, 0.05) is 23.5 Å². The third kappa shape index (κ3) is 3.39. The molecular formula is C15H19Cl2NO2. The lowest BCUT2D eigenvalue weighted by Gasteiger charge is -2.25. The average Bonchev–Trinajstić information content (AvgIpc) is 2.92. The summed E-state index contributed by atoms with van der Waals surface area (Å²) in [5.41, 5.74) is 0.578. The Morgan fingerprint density at radius 2 is 2.30 bits per heavy atom. The standard InChI is InChI=1S/C15H19Cl2NO2/c1-20-14-10-11(17)6-7-13(14)15(19)18-9-3-5-12(18)4-2-8-16/h6-7,10,12H,2-5,8-9H2,1H3. The molecule has 1 fully saturated rings. The number of rotatable bonds is 5. The number of benzene rings is 1. The second-order valence-electron chi connectivity index (χ2n) is 4.97. The van der Waals surface area contributed by atoms with Crippen molar-refractivity contribution in [2.24, 2.45) is 0 Å². The molecule has 2 rings (SSSR count). The summed E-state index contributed by atoms with van der Waals surface area (Å²) < 4.78 is 5.27. The van der Waals surface area contributed by atoms with Crippen LogP contribution in [0, 0.1) is 0 Å². The fraction of sp³-hybridized carbons (Fsp3) is 0.533. The molecule has 5 heteroatoms. The van der Waals surface area contributed by atoms with Crippen LogP contribution < -0.4 is 4.74 Å². The van der Waals surface area contributed by atoms with E-state index in [1.807, 2.05) is 4.90 Å². The number of halogens is 2. The van der Waals surface area contributed by atoms with Crippen molar-refractivity contribution < 1.29 is 9.53 Å². The average molecular weight is 316 g/mol. The summed E-state index contributed by atoms with van der Waals surface area (Å²) in [6.07, 6.45) is 4.01. The number of hydrogen-bond donors (Lipinski definition) is 0. The number of carbonyl (C=O) groups is 1. The van der Waals surface area contributed by atoms with Gasteiger partial charge in [-0.15, -0.1) is 11.6 Å². The van der Waals surface area contributed by atoms with Crippen LogP contribution in [0.4, 0.5) is 0 Å². The maximum Gasteiger partial charge on any atom is 0.257 e. The Kier molecular flexibility index (Phi) is 5.55. The molecule has 1 atom stereocenters. The molecule has 0 aromatic heterocycles. The van der Waals surface area contributed by atoms with Crippen molar-refractivity contribution in [1.82, 2.24) is 4.90 Å². The fourth-order valence-electron chi connectivity index (χ4n) is 2.71. The number of ether oxygens (including phenoxy) is 1. The minimum atomic E-state index is 0.0237. The van der Waals surface area contributed by atoms with Gasteiger partial charge >= 0.3 is 0 Å². The highest BCUT2D eigenvalue weighted by Gasteiger charge is 2.30. The van der Waals surface area contributed by atoms with Crippen LogP contribution in [0.5, 0.6) is 5.75 Å². The normalized spacial score (nSPS) is 18.4. The molecule has 3 nitrogen and oxygen atoms in total. The largest absolute Gasteiger partial charge is 0.496 e. The van der Waals surface area contributed by atoms with Gasteiger partial charge in [-0.1, -0.05) is 11.6 Å². The van der Waals surface area contributed by atoms with Gasteiger partial charge in [-0.3, -0.25) is 4.79 Å². The summed E-state index contributed by atoms with van der Waals surface area (Å²) in [5.74, 6) is 1.20. The smallest absolute Gasteiger partial charge is 0.257 e. The van der Waals surface area contributed by atoms with Gasteiger partial charge in [0.15, 0.2) is 0 Å². The summed E-state index contributed by atoms with van der Waals surface area (Å²) in [6, 6.07) is 5.43. The number of likely N-dealkylation sites (tertiary alicyclic amines) is 1. The summed E-state index contributed by atoms with van der Waals surface area (Å²) >= 11 is 11.7. The van der Waals surface area contributed by atoms with Gasteiger partial charge in [-0.05, 0) is 43.9 Å². The molecule has 20 heavy (non-hydrogen) atoms. The summed E-state index contributed by atoms with van der Waals surface area (Å²) in [7, 11) is 1.55. The van der Waals surface area contributed by atoms with Gasteiger partial charge in [0.25, 0.3) is 5.91 Å². The van der Waals surface area contributed by atoms with Crippen LogP contribution in [-0.4, -0.2) is 36.4 Å². The number of amides is 1. The van der Waals surface area contributed by atoms with E-state index in [0.29, 0.717) is 28.3 Å². The van der Waals surface area contributed by atoms with Crippen molar-refractivity contribution in [2.45, 2.75) is 31.7 Å². The van der Waals surface area contributed by atoms with Gasteiger partial charge in [-0.2, -0.15) is 0 Å². The molecule has 1 saturated heterocycles. The maximum atomic E-state index is 12.7. The van der Waals surface area contributed by atoms with Crippen molar-refractivity contribution in [1.29, 1.82) is 0 Å². The number of nitrogens with zero attached hydrogens (tertiary/aromatic N) is 1. The molecule has 0 N–H and O–H groups in total. The molecule has 1 aromatic rings. The minimum absolute atomic E-state index is 0.0237. The zero-order valence-corrected chi connectivity index (χ0v) is 13.1. The van der Waals surface area contributed by atoms with E-state index in [2.05, 4.69) is 0 Å². The highest BCUT2D eigenvalue weighted by molar-refractivity contribution is 6.30. The van der Waals surface area contributed by atoms with Gasteiger partial charge in [0.2, 0.25) is 0 Å². The van der Waals surface area contributed by atoms with Crippen LogP contribution in [0.3, 0.4) is 0 Å². The number of hydrogen-bond acceptors (Lipinski definition) is 2. The SMILES string of the molecule is COc1cc(Cl)ccc1C(=O)N1CCCC1CCCCl. The summed E-state index contributed by atoms with van der Waals surface area (Å²) in [6.45, 7) is 0.803. The molecule has 1 unspecified atom stereocenters. The molecule has 0 aliphatic carbocycles. The van der Waals surface area contributed by atoms with Crippen LogP contribution in [0.1, 0.15) is 36.0 Å². The molecule has 1 aliphatic heterocycles. The lowest BCUT2D eigenvalue weighted by atomic mass is 10.1. The second-order valence-corrected chi connectivity index (χ2v) is 5.78. The quantitative estimate of drug-likeness (QED) is 0.769. The van der Waals surface area contributed by atoms with E-state index >= 15 is 0 Å². The molecule has 0 bridgehead atoms. The molecular weight excluding hydrogens is 297 g/mol. The number of methoxy groups -OCH3 is 1. The molecule has 1 aromatic carbocycles. The van der Waals surface area contributed by atoms with Gasteiger partial charge in [0.05, 0.1) is 12.7 Å². The van der Waals surface area contributed by atoms with Crippen molar-refractivity contribution in [3.05, 3.63) is 28.8 Å². The Balaban J connectivity index is 2.17.